The number of hydrogen-bond donors (Lipinski definition) is 1. The number of benzene rings is 1. The number of thioether (sulfide) groups is 1. The van der Waals surface area contributed by atoms with Gasteiger partial charge in [-0.3, -0.25) is 0 Å². The number of rotatable bonds is 5. The van der Waals surface area contributed by atoms with E-state index in [-0.39, 0.29) is 0 Å². The molecule has 17 heavy (non-hydrogen) atoms. The molecule has 0 aliphatic heterocycles. The van der Waals surface area contributed by atoms with Crippen LogP contribution in [0.3, 0.4) is 0 Å². The summed E-state index contributed by atoms with van der Waals surface area (Å²) in [5.41, 5.74) is 7.94. The highest BCUT2D eigenvalue weighted by Crippen LogP contribution is 2.25. The fourth-order valence-corrected chi connectivity index (χ4v) is 3.39. The fraction of sp³-hybridized carbons (Fsp3) is 0.308. The number of aryl methyl sites for hydroxylation is 1. The van der Waals surface area contributed by atoms with E-state index in [0.29, 0.717) is 6.54 Å². The zero-order valence-corrected chi connectivity index (χ0v) is 11.5. The number of aromatic nitrogens is 1. The molecule has 0 saturated heterocycles. The Balaban J connectivity index is 1.93. The Morgan fingerprint density at radius 3 is 3.06 bits per heavy atom. The normalized spacial score (nSPS) is 10.7. The van der Waals surface area contributed by atoms with Crippen molar-refractivity contribution < 1.29 is 0 Å². The number of thiazole rings is 1. The molecule has 0 aliphatic rings. The summed E-state index contributed by atoms with van der Waals surface area (Å²) in [6.45, 7) is 2.79. The molecule has 0 amide bonds. The highest BCUT2D eigenvalue weighted by Gasteiger charge is 2.02. The van der Waals surface area contributed by atoms with Gasteiger partial charge in [0.2, 0.25) is 0 Å². The molecule has 1 heterocycles. The van der Waals surface area contributed by atoms with Crippen LogP contribution in [0.25, 0.3) is 0 Å². The van der Waals surface area contributed by atoms with Crippen molar-refractivity contribution in [2.45, 2.75) is 24.0 Å². The van der Waals surface area contributed by atoms with Gasteiger partial charge in [0.25, 0.3) is 0 Å². The molecule has 1 aromatic carbocycles. The second kappa shape index (κ2) is 6.19. The first-order chi connectivity index (χ1) is 8.28. The van der Waals surface area contributed by atoms with Gasteiger partial charge in [-0.2, -0.15) is 0 Å². The van der Waals surface area contributed by atoms with Crippen molar-refractivity contribution in [1.29, 1.82) is 0 Å². The van der Waals surface area contributed by atoms with Crippen molar-refractivity contribution in [3.63, 3.8) is 0 Å². The molecule has 2 aromatic rings. The van der Waals surface area contributed by atoms with Crippen LogP contribution in [0.2, 0.25) is 0 Å². The summed E-state index contributed by atoms with van der Waals surface area (Å²) < 4.78 is 0. The number of hydrogen-bond acceptors (Lipinski definition) is 4. The van der Waals surface area contributed by atoms with Gasteiger partial charge in [0, 0.05) is 16.7 Å². The third-order valence-electron chi connectivity index (χ3n) is 2.35. The summed E-state index contributed by atoms with van der Waals surface area (Å²) in [5.74, 6) is 0.943. The van der Waals surface area contributed by atoms with Gasteiger partial charge in [0.1, 0.15) is 5.01 Å². The van der Waals surface area contributed by atoms with E-state index in [4.69, 9.17) is 5.73 Å². The van der Waals surface area contributed by atoms with Crippen molar-refractivity contribution in [2.24, 2.45) is 5.73 Å². The van der Waals surface area contributed by atoms with Gasteiger partial charge >= 0.3 is 0 Å². The van der Waals surface area contributed by atoms with E-state index in [1.165, 1.54) is 15.5 Å². The first-order valence-corrected chi connectivity index (χ1v) is 7.47. The molecule has 4 heteroatoms. The molecule has 90 valence electrons. The maximum absolute atomic E-state index is 5.51. The molecular formula is C13H16N2S2. The lowest BCUT2D eigenvalue weighted by atomic mass is 10.2. The predicted molar refractivity (Wildman–Crippen MR) is 75.6 cm³/mol. The van der Waals surface area contributed by atoms with Gasteiger partial charge < -0.3 is 5.73 Å². The van der Waals surface area contributed by atoms with E-state index < -0.39 is 0 Å². The lowest BCUT2D eigenvalue weighted by Gasteiger charge is -2.00. The highest BCUT2D eigenvalue weighted by atomic mass is 32.2. The zero-order chi connectivity index (χ0) is 12.1. The van der Waals surface area contributed by atoms with Gasteiger partial charge in [0.15, 0.2) is 0 Å². The van der Waals surface area contributed by atoms with E-state index in [1.807, 2.05) is 11.8 Å². The standard InChI is InChI=1S/C13H16N2S2/c1-10-3-2-4-12(7-10)16-9-13-15-11(5-6-14)8-17-13/h2-4,7-8H,5-6,9,14H2,1H3. The van der Waals surface area contributed by atoms with Gasteiger partial charge in [-0.15, -0.1) is 23.1 Å². The van der Waals surface area contributed by atoms with Crippen molar-refractivity contribution in [3.8, 4) is 0 Å². The third kappa shape index (κ3) is 3.84. The third-order valence-corrected chi connectivity index (χ3v) is 4.44. The summed E-state index contributed by atoms with van der Waals surface area (Å²) in [5, 5.41) is 3.29. The molecule has 2 N–H and O–H groups in total. The fourth-order valence-electron chi connectivity index (χ4n) is 1.53. The van der Waals surface area contributed by atoms with Crippen LogP contribution in [0, 0.1) is 6.92 Å². The summed E-state index contributed by atoms with van der Waals surface area (Å²) in [6, 6.07) is 8.57. The Bertz CT molecular complexity index is 480. The summed E-state index contributed by atoms with van der Waals surface area (Å²) in [6.07, 6.45) is 0.881. The van der Waals surface area contributed by atoms with Crippen molar-refractivity contribution in [3.05, 3.63) is 45.9 Å². The van der Waals surface area contributed by atoms with Crippen LogP contribution in [0.15, 0.2) is 34.5 Å². The lowest BCUT2D eigenvalue weighted by molar-refractivity contribution is 0.928. The van der Waals surface area contributed by atoms with Gasteiger partial charge in [-0.1, -0.05) is 17.7 Å². The van der Waals surface area contributed by atoms with E-state index >= 15 is 0 Å². The summed E-state index contributed by atoms with van der Waals surface area (Å²) >= 11 is 3.56. The Kier molecular flexibility index (Phi) is 4.59. The molecule has 0 aliphatic carbocycles. The molecule has 0 unspecified atom stereocenters. The topological polar surface area (TPSA) is 38.9 Å². The van der Waals surface area contributed by atoms with Gasteiger partial charge in [-0.25, -0.2) is 4.98 Å². The molecule has 1 aromatic heterocycles. The minimum absolute atomic E-state index is 0.675. The first kappa shape index (κ1) is 12.6. The SMILES string of the molecule is Cc1cccc(SCc2nc(CCN)cs2)c1. The molecule has 0 bridgehead atoms. The highest BCUT2D eigenvalue weighted by molar-refractivity contribution is 7.98. The quantitative estimate of drug-likeness (QED) is 0.843. The Morgan fingerprint density at radius 2 is 2.29 bits per heavy atom. The number of nitrogens with zero attached hydrogens (tertiary/aromatic N) is 1. The maximum Gasteiger partial charge on any atom is 0.103 e. The summed E-state index contributed by atoms with van der Waals surface area (Å²) in [4.78, 5) is 5.86. The van der Waals surface area contributed by atoms with Crippen molar-refractivity contribution >= 4 is 23.1 Å². The molecular weight excluding hydrogens is 248 g/mol. The van der Waals surface area contributed by atoms with Crippen LogP contribution >= 0.6 is 23.1 Å². The Hall–Kier alpha value is -0.840. The van der Waals surface area contributed by atoms with Gasteiger partial charge in [-0.05, 0) is 25.6 Å². The molecule has 0 saturated carbocycles. The maximum atomic E-state index is 5.51. The van der Waals surface area contributed by atoms with Crippen LogP contribution in [-0.2, 0) is 12.2 Å². The summed E-state index contributed by atoms with van der Waals surface area (Å²) in [7, 11) is 0. The van der Waals surface area contributed by atoms with E-state index in [1.54, 1.807) is 11.3 Å². The average Bonchev–Trinajstić information content (AvgIpc) is 2.75. The second-order valence-corrected chi connectivity index (χ2v) is 5.87. The van der Waals surface area contributed by atoms with E-state index in [0.717, 1.165) is 17.9 Å². The first-order valence-electron chi connectivity index (χ1n) is 5.61. The molecule has 2 nitrogen and oxygen atoms in total. The Morgan fingerprint density at radius 1 is 1.41 bits per heavy atom. The minimum Gasteiger partial charge on any atom is -0.330 e. The van der Waals surface area contributed by atoms with Gasteiger partial charge in [0.05, 0.1) is 11.4 Å². The molecule has 0 atom stereocenters. The monoisotopic (exact) mass is 264 g/mol. The molecule has 0 radical (unpaired) electrons. The van der Waals surface area contributed by atoms with Crippen LogP contribution in [-0.4, -0.2) is 11.5 Å². The predicted octanol–water partition coefficient (Wildman–Crippen LogP) is 3.25. The minimum atomic E-state index is 0.675. The van der Waals surface area contributed by atoms with Crippen molar-refractivity contribution in [1.82, 2.24) is 4.98 Å². The lowest BCUT2D eigenvalue weighted by Crippen LogP contribution is -2.02. The average molecular weight is 264 g/mol. The van der Waals surface area contributed by atoms with Crippen LogP contribution in [0.4, 0.5) is 0 Å². The van der Waals surface area contributed by atoms with Crippen LogP contribution in [0.5, 0.6) is 0 Å². The van der Waals surface area contributed by atoms with E-state index in [9.17, 15) is 0 Å². The largest absolute Gasteiger partial charge is 0.330 e. The van der Waals surface area contributed by atoms with Crippen LogP contribution in [0.1, 0.15) is 16.3 Å². The zero-order valence-electron chi connectivity index (χ0n) is 9.85. The molecule has 0 fully saturated rings. The van der Waals surface area contributed by atoms with E-state index in [2.05, 4.69) is 41.6 Å². The smallest absolute Gasteiger partial charge is 0.103 e. The van der Waals surface area contributed by atoms with Crippen LogP contribution < -0.4 is 5.73 Å². The molecule has 0 spiro atoms. The second-order valence-electron chi connectivity index (χ2n) is 3.88. The number of nitrogens with two attached hydrogens (primary N) is 1. The van der Waals surface area contributed by atoms with Crippen molar-refractivity contribution in [2.75, 3.05) is 6.54 Å². The molecule has 2 rings (SSSR count). The Labute approximate surface area is 110 Å².